The zero-order chi connectivity index (χ0) is 12.4. The quantitative estimate of drug-likeness (QED) is 0.706. The fourth-order valence-electron chi connectivity index (χ4n) is 2.02. The molecule has 86 valence electrons. The first kappa shape index (κ1) is 12.1. The van der Waals surface area contributed by atoms with Crippen molar-refractivity contribution < 1.29 is 0 Å². The molecule has 17 heavy (non-hydrogen) atoms. The summed E-state index contributed by atoms with van der Waals surface area (Å²) >= 11 is 0. The smallest absolute Gasteiger partial charge is 0.0631 e. The molecule has 0 atom stereocenters. The van der Waals surface area contributed by atoms with Crippen LogP contribution in [-0.2, 0) is 0 Å². The van der Waals surface area contributed by atoms with Crippen molar-refractivity contribution in [1.29, 1.82) is 0 Å². The summed E-state index contributed by atoms with van der Waals surface area (Å²) in [4.78, 5) is 0. The molecular weight excluding hydrogens is 220 g/mol. The highest BCUT2D eigenvalue weighted by Crippen LogP contribution is 2.14. The maximum Gasteiger partial charge on any atom is 0.121 e. The standard InChI is InChI=1S/C16H18Si/c1-11-10-16(14(4)13(3)12(11)2)17-15-8-6-5-7-9-15/h5-10H,1-4H3. The molecule has 2 radical (unpaired) electrons. The second kappa shape index (κ2) is 4.88. The SMILES string of the molecule is Cc1cc([Si]c2ccccc2)c(C)c(C)c1C. The van der Waals surface area contributed by atoms with Crippen LogP contribution in [0.3, 0.4) is 0 Å². The lowest BCUT2D eigenvalue weighted by molar-refractivity contribution is 1.23. The van der Waals surface area contributed by atoms with Crippen molar-refractivity contribution in [1.82, 2.24) is 0 Å². The van der Waals surface area contributed by atoms with Gasteiger partial charge < -0.3 is 0 Å². The molecule has 2 aromatic rings. The van der Waals surface area contributed by atoms with E-state index in [9.17, 15) is 0 Å². The van der Waals surface area contributed by atoms with Crippen LogP contribution in [0.4, 0.5) is 0 Å². The van der Waals surface area contributed by atoms with E-state index in [0.717, 1.165) is 9.52 Å². The highest BCUT2D eigenvalue weighted by Gasteiger charge is 2.08. The van der Waals surface area contributed by atoms with Crippen molar-refractivity contribution in [3.8, 4) is 0 Å². The van der Waals surface area contributed by atoms with E-state index >= 15 is 0 Å². The van der Waals surface area contributed by atoms with Gasteiger partial charge in [0.15, 0.2) is 0 Å². The fourth-order valence-corrected chi connectivity index (χ4v) is 3.35. The number of hydrogen-bond donors (Lipinski definition) is 0. The fraction of sp³-hybridized carbons (Fsp3) is 0.250. The van der Waals surface area contributed by atoms with Gasteiger partial charge in [-0.2, -0.15) is 0 Å². The summed E-state index contributed by atoms with van der Waals surface area (Å²) < 4.78 is 0. The van der Waals surface area contributed by atoms with Crippen molar-refractivity contribution in [3.05, 3.63) is 58.7 Å². The van der Waals surface area contributed by atoms with Gasteiger partial charge >= 0.3 is 0 Å². The zero-order valence-electron chi connectivity index (χ0n) is 11.0. The minimum Gasteiger partial charge on any atom is -0.0631 e. The third kappa shape index (κ3) is 2.50. The first-order valence-corrected chi connectivity index (χ1v) is 6.99. The van der Waals surface area contributed by atoms with Crippen molar-refractivity contribution in [2.24, 2.45) is 0 Å². The predicted molar refractivity (Wildman–Crippen MR) is 76.9 cm³/mol. The topological polar surface area (TPSA) is 0 Å². The molecule has 0 unspecified atom stereocenters. The Kier molecular flexibility index (Phi) is 3.48. The molecule has 1 heteroatoms. The van der Waals surface area contributed by atoms with Crippen LogP contribution in [0.2, 0.25) is 0 Å². The molecule has 0 aliphatic heterocycles. The van der Waals surface area contributed by atoms with Gasteiger partial charge in [0.2, 0.25) is 0 Å². The summed E-state index contributed by atoms with van der Waals surface area (Å²) in [5, 5.41) is 2.90. The van der Waals surface area contributed by atoms with Crippen molar-refractivity contribution in [2.75, 3.05) is 0 Å². The van der Waals surface area contributed by atoms with Crippen LogP contribution in [0.15, 0.2) is 36.4 Å². The average molecular weight is 238 g/mol. The van der Waals surface area contributed by atoms with E-state index < -0.39 is 0 Å². The van der Waals surface area contributed by atoms with Crippen LogP contribution >= 0.6 is 0 Å². The Morgan fingerprint density at radius 3 is 2.06 bits per heavy atom. The maximum absolute atomic E-state index is 2.35. The van der Waals surface area contributed by atoms with E-state index in [4.69, 9.17) is 0 Å². The number of rotatable bonds is 2. The first-order valence-electron chi connectivity index (χ1n) is 5.99. The highest BCUT2D eigenvalue weighted by atomic mass is 28.2. The third-order valence-corrected chi connectivity index (χ3v) is 4.94. The van der Waals surface area contributed by atoms with Crippen LogP contribution in [-0.4, -0.2) is 9.52 Å². The van der Waals surface area contributed by atoms with E-state index in [1.807, 2.05) is 0 Å². The largest absolute Gasteiger partial charge is 0.121 e. The van der Waals surface area contributed by atoms with Gasteiger partial charge in [-0.15, -0.1) is 0 Å². The molecule has 2 aromatic carbocycles. The Morgan fingerprint density at radius 1 is 0.765 bits per heavy atom. The Balaban J connectivity index is 2.41. The Morgan fingerprint density at radius 2 is 1.41 bits per heavy atom. The maximum atomic E-state index is 2.35. The molecule has 2 rings (SSSR count). The van der Waals surface area contributed by atoms with E-state index in [1.165, 1.54) is 32.6 Å². The third-order valence-electron chi connectivity index (χ3n) is 3.53. The van der Waals surface area contributed by atoms with Crippen molar-refractivity contribution in [3.63, 3.8) is 0 Å². The number of benzene rings is 2. The van der Waals surface area contributed by atoms with Crippen LogP contribution in [0.5, 0.6) is 0 Å². The molecule has 0 nitrogen and oxygen atoms in total. The second-order valence-corrected chi connectivity index (χ2v) is 5.97. The monoisotopic (exact) mass is 238 g/mol. The van der Waals surface area contributed by atoms with Gasteiger partial charge in [-0.05, 0) is 49.9 Å². The minimum absolute atomic E-state index is 0.765. The molecule has 0 spiro atoms. The number of hydrogen-bond acceptors (Lipinski definition) is 0. The van der Waals surface area contributed by atoms with E-state index in [0.29, 0.717) is 0 Å². The minimum atomic E-state index is 0.765. The van der Waals surface area contributed by atoms with Crippen LogP contribution in [0.25, 0.3) is 0 Å². The molecule has 0 saturated carbocycles. The zero-order valence-corrected chi connectivity index (χ0v) is 12.0. The summed E-state index contributed by atoms with van der Waals surface area (Å²) in [5.74, 6) is 0. The van der Waals surface area contributed by atoms with Gasteiger partial charge in [0, 0.05) is 0 Å². The molecular formula is C16H18Si. The average Bonchev–Trinajstić information content (AvgIpc) is 2.35. The van der Waals surface area contributed by atoms with Crippen molar-refractivity contribution >= 4 is 19.9 Å². The van der Waals surface area contributed by atoms with Gasteiger partial charge in [-0.1, -0.05) is 46.8 Å². The second-order valence-electron chi connectivity index (χ2n) is 4.61. The molecule has 0 amide bonds. The molecule has 0 saturated heterocycles. The molecule has 0 fully saturated rings. The first-order chi connectivity index (χ1) is 8.09. The van der Waals surface area contributed by atoms with E-state index in [1.54, 1.807) is 0 Å². The molecule has 0 N–H and O–H groups in total. The summed E-state index contributed by atoms with van der Waals surface area (Å²) in [5.41, 5.74) is 5.74. The van der Waals surface area contributed by atoms with Gasteiger partial charge in [-0.3, -0.25) is 0 Å². The van der Waals surface area contributed by atoms with Gasteiger partial charge in [0.25, 0.3) is 0 Å². The Labute approximate surface area is 107 Å². The lowest BCUT2D eigenvalue weighted by Gasteiger charge is -2.13. The highest BCUT2D eigenvalue weighted by molar-refractivity contribution is 6.67. The Bertz CT molecular complexity index is 527. The summed E-state index contributed by atoms with van der Waals surface area (Å²) in [6.45, 7) is 8.90. The molecule has 0 aliphatic rings. The molecule has 0 aromatic heterocycles. The lowest BCUT2D eigenvalue weighted by atomic mass is 10.00. The van der Waals surface area contributed by atoms with Gasteiger partial charge in [-0.25, -0.2) is 0 Å². The summed E-state index contributed by atoms with van der Waals surface area (Å²) in [6.07, 6.45) is 0. The van der Waals surface area contributed by atoms with Crippen molar-refractivity contribution in [2.45, 2.75) is 27.7 Å². The predicted octanol–water partition coefficient (Wildman–Crippen LogP) is 2.58. The van der Waals surface area contributed by atoms with Gasteiger partial charge in [0.1, 0.15) is 9.52 Å². The van der Waals surface area contributed by atoms with Crippen LogP contribution in [0, 0.1) is 27.7 Å². The summed E-state index contributed by atoms with van der Waals surface area (Å²) in [7, 11) is 0.765. The van der Waals surface area contributed by atoms with E-state index in [2.05, 4.69) is 64.1 Å². The van der Waals surface area contributed by atoms with Crippen LogP contribution < -0.4 is 10.4 Å². The van der Waals surface area contributed by atoms with Gasteiger partial charge in [0.05, 0.1) is 0 Å². The Hall–Kier alpha value is -1.34. The normalized spacial score (nSPS) is 10.6. The molecule has 0 aliphatic carbocycles. The van der Waals surface area contributed by atoms with E-state index in [-0.39, 0.29) is 0 Å². The lowest BCUT2D eigenvalue weighted by Crippen LogP contribution is -2.30. The molecule has 0 heterocycles. The van der Waals surface area contributed by atoms with Crippen LogP contribution in [0.1, 0.15) is 22.3 Å². The number of aryl methyl sites for hydroxylation is 1. The summed E-state index contributed by atoms with van der Waals surface area (Å²) in [6, 6.07) is 13.1. The molecule has 0 bridgehead atoms.